The van der Waals surface area contributed by atoms with E-state index in [0.29, 0.717) is 0 Å². The smallest absolute Gasteiger partial charge is 0.0510 e. The molecule has 2 rings (SSSR count). The summed E-state index contributed by atoms with van der Waals surface area (Å²) in [5.41, 5.74) is 8.44. The Morgan fingerprint density at radius 3 is 2.28 bits per heavy atom. The van der Waals surface area contributed by atoms with Gasteiger partial charge in [0.05, 0.1) is 5.69 Å². The zero-order valence-electron chi connectivity index (χ0n) is 11.2. The lowest BCUT2D eigenvalue weighted by molar-refractivity contribution is 0.556. The molecule has 0 aromatic heterocycles. The van der Waals surface area contributed by atoms with E-state index in [2.05, 4.69) is 39.0 Å². The molecule has 0 spiro atoms. The first-order chi connectivity index (χ1) is 8.68. The quantitative estimate of drug-likeness (QED) is 0.885. The van der Waals surface area contributed by atoms with E-state index in [4.69, 9.17) is 5.73 Å². The maximum absolute atomic E-state index is 5.92. The van der Waals surface area contributed by atoms with Gasteiger partial charge in [-0.1, -0.05) is 25.3 Å². The van der Waals surface area contributed by atoms with Crippen LogP contribution in [0.4, 0.5) is 5.69 Å². The predicted octanol–water partition coefficient (Wildman–Crippen LogP) is 4.24. The molecule has 18 heavy (non-hydrogen) atoms. The fourth-order valence-corrected chi connectivity index (χ4v) is 3.20. The van der Waals surface area contributed by atoms with Crippen molar-refractivity contribution >= 4 is 21.6 Å². The normalized spacial score (nSPS) is 19.2. The highest BCUT2D eigenvalue weighted by Gasteiger charge is 2.13. The number of nitrogens with zero attached hydrogens (tertiary/aromatic N) is 1. The van der Waals surface area contributed by atoms with Crippen LogP contribution >= 0.6 is 15.9 Å². The van der Waals surface area contributed by atoms with E-state index in [1.807, 2.05) is 6.92 Å². The number of hydrogen-bond acceptors (Lipinski definition) is 2. The van der Waals surface area contributed by atoms with Gasteiger partial charge in [0.15, 0.2) is 0 Å². The topological polar surface area (TPSA) is 29.3 Å². The summed E-state index contributed by atoms with van der Waals surface area (Å²) in [6.45, 7) is 4.38. The molecule has 1 unspecified atom stereocenters. The van der Waals surface area contributed by atoms with Crippen molar-refractivity contribution in [1.29, 1.82) is 0 Å². The van der Waals surface area contributed by atoms with Gasteiger partial charge in [-0.3, -0.25) is 0 Å². The minimum absolute atomic E-state index is 0.0997. The molecule has 1 fully saturated rings. The van der Waals surface area contributed by atoms with Crippen LogP contribution in [0.25, 0.3) is 0 Å². The van der Waals surface area contributed by atoms with Gasteiger partial charge >= 0.3 is 0 Å². The molecule has 2 nitrogen and oxygen atoms in total. The van der Waals surface area contributed by atoms with Gasteiger partial charge in [-0.05, 0) is 53.4 Å². The number of benzene rings is 1. The number of rotatable bonds is 2. The van der Waals surface area contributed by atoms with Crippen molar-refractivity contribution in [2.45, 2.75) is 45.1 Å². The average molecular weight is 311 g/mol. The molecule has 0 radical (unpaired) electrons. The van der Waals surface area contributed by atoms with Crippen molar-refractivity contribution in [1.82, 2.24) is 0 Å². The lowest BCUT2D eigenvalue weighted by Gasteiger charge is -2.28. The minimum atomic E-state index is 0.0997. The molecule has 1 aromatic carbocycles. The number of hydrogen-bond donors (Lipinski definition) is 1. The Kier molecular flexibility index (Phi) is 5.07. The van der Waals surface area contributed by atoms with Gasteiger partial charge in [-0.2, -0.15) is 0 Å². The number of nitrogens with two attached hydrogens (primary N) is 1. The summed E-state index contributed by atoms with van der Waals surface area (Å²) in [5.74, 6) is 0. The van der Waals surface area contributed by atoms with Crippen molar-refractivity contribution in [2.75, 3.05) is 18.0 Å². The predicted molar refractivity (Wildman–Crippen MR) is 82.0 cm³/mol. The molecular weight excluding hydrogens is 288 g/mol. The summed E-state index contributed by atoms with van der Waals surface area (Å²) in [5, 5.41) is 0. The number of halogens is 1. The Morgan fingerprint density at radius 2 is 1.72 bits per heavy atom. The van der Waals surface area contributed by atoms with Gasteiger partial charge in [0, 0.05) is 23.6 Å². The van der Waals surface area contributed by atoms with Crippen LogP contribution in [0.15, 0.2) is 22.7 Å². The molecule has 3 heteroatoms. The van der Waals surface area contributed by atoms with Crippen LogP contribution in [-0.4, -0.2) is 13.1 Å². The third-order valence-corrected chi connectivity index (χ3v) is 4.33. The molecular formula is C15H23BrN2. The van der Waals surface area contributed by atoms with E-state index in [1.54, 1.807) is 0 Å². The van der Waals surface area contributed by atoms with Crippen LogP contribution in [0.1, 0.15) is 50.6 Å². The number of anilines is 1. The Morgan fingerprint density at radius 1 is 1.11 bits per heavy atom. The van der Waals surface area contributed by atoms with Crippen LogP contribution in [-0.2, 0) is 0 Å². The highest BCUT2D eigenvalue weighted by Crippen LogP contribution is 2.30. The molecule has 0 amide bonds. The SMILES string of the molecule is CC(N)c1ccc(N2CCCCCCC2)c(Br)c1. The van der Waals surface area contributed by atoms with Gasteiger partial charge in [0.25, 0.3) is 0 Å². The lowest BCUT2D eigenvalue weighted by atomic mass is 10.1. The Labute approximate surface area is 119 Å². The molecule has 0 saturated carbocycles. The molecule has 1 atom stereocenters. The van der Waals surface area contributed by atoms with E-state index in [9.17, 15) is 0 Å². The van der Waals surface area contributed by atoms with Gasteiger partial charge in [-0.25, -0.2) is 0 Å². The van der Waals surface area contributed by atoms with Crippen molar-refractivity contribution < 1.29 is 0 Å². The second-order valence-electron chi connectivity index (χ2n) is 5.25. The second kappa shape index (κ2) is 6.58. The Balaban J connectivity index is 2.15. The molecule has 1 aliphatic rings. The molecule has 1 aliphatic heterocycles. The van der Waals surface area contributed by atoms with Crippen molar-refractivity contribution in [3.63, 3.8) is 0 Å². The Hall–Kier alpha value is -0.540. The molecule has 1 saturated heterocycles. The first-order valence-corrected chi connectivity index (χ1v) is 7.78. The van der Waals surface area contributed by atoms with Crippen LogP contribution in [0.3, 0.4) is 0 Å². The monoisotopic (exact) mass is 310 g/mol. The summed E-state index contributed by atoms with van der Waals surface area (Å²) in [6.07, 6.45) is 6.75. The summed E-state index contributed by atoms with van der Waals surface area (Å²) in [6, 6.07) is 6.63. The fourth-order valence-electron chi connectivity index (χ4n) is 2.55. The molecule has 0 bridgehead atoms. The summed E-state index contributed by atoms with van der Waals surface area (Å²) in [4.78, 5) is 2.51. The largest absolute Gasteiger partial charge is 0.371 e. The molecule has 1 aromatic rings. The van der Waals surface area contributed by atoms with Gasteiger partial charge in [0.1, 0.15) is 0 Å². The summed E-state index contributed by atoms with van der Waals surface area (Å²) in [7, 11) is 0. The average Bonchev–Trinajstić information content (AvgIpc) is 2.29. The third kappa shape index (κ3) is 3.48. The van der Waals surface area contributed by atoms with E-state index in [1.165, 1.54) is 60.9 Å². The zero-order chi connectivity index (χ0) is 13.0. The van der Waals surface area contributed by atoms with Crippen molar-refractivity contribution in [3.8, 4) is 0 Å². The van der Waals surface area contributed by atoms with E-state index >= 15 is 0 Å². The van der Waals surface area contributed by atoms with Crippen LogP contribution in [0, 0.1) is 0 Å². The molecule has 2 N–H and O–H groups in total. The molecule has 1 heterocycles. The third-order valence-electron chi connectivity index (χ3n) is 3.69. The van der Waals surface area contributed by atoms with E-state index in [0.717, 1.165) is 0 Å². The fraction of sp³-hybridized carbons (Fsp3) is 0.600. The summed E-state index contributed by atoms with van der Waals surface area (Å²) >= 11 is 3.70. The lowest BCUT2D eigenvalue weighted by Crippen LogP contribution is -2.27. The maximum Gasteiger partial charge on any atom is 0.0510 e. The van der Waals surface area contributed by atoms with E-state index in [-0.39, 0.29) is 6.04 Å². The highest BCUT2D eigenvalue weighted by atomic mass is 79.9. The van der Waals surface area contributed by atoms with Gasteiger partial charge in [0.2, 0.25) is 0 Å². The van der Waals surface area contributed by atoms with Crippen molar-refractivity contribution in [2.24, 2.45) is 5.73 Å². The van der Waals surface area contributed by atoms with Gasteiger partial charge in [-0.15, -0.1) is 0 Å². The first kappa shape index (κ1) is 13.9. The highest BCUT2D eigenvalue weighted by molar-refractivity contribution is 9.10. The van der Waals surface area contributed by atoms with E-state index < -0.39 is 0 Å². The molecule has 0 aliphatic carbocycles. The van der Waals surface area contributed by atoms with Gasteiger partial charge < -0.3 is 10.6 Å². The maximum atomic E-state index is 5.92. The minimum Gasteiger partial charge on any atom is -0.371 e. The molecule has 100 valence electrons. The second-order valence-corrected chi connectivity index (χ2v) is 6.11. The van der Waals surface area contributed by atoms with Crippen LogP contribution in [0.5, 0.6) is 0 Å². The van der Waals surface area contributed by atoms with Crippen LogP contribution < -0.4 is 10.6 Å². The zero-order valence-corrected chi connectivity index (χ0v) is 12.7. The first-order valence-electron chi connectivity index (χ1n) is 6.98. The van der Waals surface area contributed by atoms with Crippen LogP contribution in [0.2, 0.25) is 0 Å². The van der Waals surface area contributed by atoms with Crippen molar-refractivity contribution in [3.05, 3.63) is 28.2 Å². The Bertz CT molecular complexity index is 382. The summed E-state index contributed by atoms with van der Waals surface area (Å²) < 4.78 is 1.18. The standard InChI is InChI=1S/C15H23BrN2/c1-12(17)13-7-8-15(14(16)11-13)18-9-5-3-2-4-6-10-18/h7-8,11-12H,2-6,9-10,17H2,1H3.